The third-order valence-electron chi connectivity index (χ3n) is 3.59. The SMILES string of the molecule is Cc1nc2cc(S(=O)(=O)Nc3c(F)cccc3F)ccc2n1C. The molecule has 2 aromatic carbocycles. The van der Waals surface area contributed by atoms with Crippen molar-refractivity contribution in [3.63, 3.8) is 0 Å². The lowest BCUT2D eigenvalue weighted by Crippen LogP contribution is -2.15. The number of aryl methyl sites for hydroxylation is 2. The van der Waals surface area contributed by atoms with E-state index >= 15 is 0 Å². The molecule has 0 spiro atoms. The highest BCUT2D eigenvalue weighted by molar-refractivity contribution is 7.92. The van der Waals surface area contributed by atoms with E-state index in [-0.39, 0.29) is 4.90 Å². The van der Waals surface area contributed by atoms with Crippen LogP contribution in [0.3, 0.4) is 0 Å². The maximum atomic E-state index is 13.6. The molecule has 0 aliphatic rings. The van der Waals surface area contributed by atoms with Crippen LogP contribution in [0.1, 0.15) is 5.82 Å². The summed E-state index contributed by atoms with van der Waals surface area (Å²) < 4.78 is 55.7. The fraction of sp³-hybridized carbons (Fsp3) is 0.133. The van der Waals surface area contributed by atoms with Crippen molar-refractivity contribution in [3.05, 3.63) is 53.9 Å². The maximum absolute atomic E-state index is 13.6. The minimum atomic E-state index is -4.13. The molecule has 23 heavy (non-hydrogen) atoms. The van der Waals surface area contributed by atoms with Gasteiger partial charge in [0.2, 0.25) is 0 Å². The third-order valence-corrected chi connectivity index (χ3v) is 4.93. The highest BCUT2D eigenvalue weighted by atomic mass is 32.2. The zero-order valence-electron chi connectivity index (χ0n) is 12.3. The van der Waals surface area contributed by atoms with E-state index in [9.17, 15) is 17.2 Å². The highest BCUT2D eigenvalue weighted by Crippen LogP contribution is 2.24. The fourth-order valence-corrected chi connectivity index (χ4v) is 3.35. The normalized spacial score (nSPS) is 11.8. The van der Waals surface area contributed by atoms with Crippen LogP contribution in [0.2, 0.25) is 0 Å². The number of imidazole rings is 1. The second-order valence-electron chi connectivity index (χ2n) is 5.07. The summed E-state index contributed by atoms with van der Waals surface area (Å²) in [5, 5.41) is 0. The van der Waals surface area contributed by atoms with Crippen LogP contribution in [0, 0.1) is 18.6 Å². The van der Waals surface area contributed by atoms with Gasteiger partial charge in [0, 0.05) is 7.05 Å². The molecule has 0 bridgehead atoms. The number of hydrogen-bond acceptors (Lipinski definition) is 3. The zero-order chi connectivity index (χ0) is 16.8. The van der Waals surface area contributed by atoms with Gasteiger partial charge < -0.3 is 4.57 Å². The molecular weight excluding hydrogens is 324 g/mol. The topological polar surface area (TPSA) is 64.0 Å². The second kappa shape index (κ2) is 5.31. The Bertz CT molecular complexity index is 993. The molecule has 0 atom stereocenters. The van der Waals surface area contributed by atoms with Crippen LogP contribution in [0.15, 0.2) is 41.3 Å². The molecule has 5 nitrogen and oxygen atoms in total. The predicted molar refractivity (Wildman–Crippen MR) is 82.6 cm³/mol. The molecule has 8 heteroatoms. The van der Waals surface area contributed by atoms with Gasteiger partial charge in [0.05, 0.1) is 15.9 Å². The number of sulfonamides is 1. The van der Waals surface area contributed by atoms with Crippen molar-refractivity contribution < 1.29 is 17.2 Å². The van der Waals surface area contributed by atoms with Gasteiger partial charge in [0.25, 0.3) is 10.0 Å². The second-order valence-corrected chi connectivity index (χ2v) is 6.75. The standard InChI is InChI=1S/C15H13F2N3O2S/c1-9-18-13-8-10(6-7-14(13)20(9)2)23(21,22)19-15-11(16)4-3-5-12(15)17/h3-8,19H,1-2H3. The van der Waals surface area contributed by atoms with Crippen molar-refractivity contribution in [1.29, 1.82) is 0 Å². The molecule has 0 fully saturated rings. The Morgan fingerprint density at radius 2 is 1.78 bits per heavy atom. The van der Waals surface area contributed by atoms with Crippen LogP contribution in [0.4, 0.5) is 14.5 Å². The van der Waals surface area contributed by atoms with Gasteiger partial charge in [-0.1, -0.05) is 6.07 Å². The van der Waals surface area contributed by atoms with Gasteiger partial charge in [-0.2, -0.15) is 0 Å². The average Bonchev–Trinajstić information content (AvgIpc) is 2.78. The summed E-state index contributed by atoms with van der Waals surface area (Å²) >= 11 is 0. The lowest BCUT2D eigenvalue weighted by molar-refractivity contribution is 0.583. The summed E-state index contributed by atoms with van der Waals surface area (Å²) in [5.74, 6) is -1.24. The Morgan fingerprint density at radius 3 is 2.43 bits per heavy atom. The van der Waals surface area contributed by atoms with Gasteiger partial charge in [-0.25, -0.2) is 22.2 Å². The summed E-state index contributed by atoms with van der Waals surface area (Å²) in [6.07, 6.45) is 0. The number of nitrogens with one attached hydrogen (secondary N) is 1. The Morgan fingerprint density at radius 1 is 1.13 bits per heavy atom. The number of aromatic nitrogens is 2. The number of hydrogen-bond donors (Lipinski definition) is 1. The summed E-state index contributed by atoms with van der Waals surface area (Å²) in [5.41, 5.74) is 0.546. The van der Waals surface area contributed by atoms with Crippen molar-refractivity contribution in [2.45, 2.75) is 11.8 Å². The Labute approximate surface area is 131 Å². The Kier molecular flexibility index (Phi) is 3.56. The maximum Gasteiger partial charge on any atom is 0.262 e. The fourth-order valence-electron chi connectivity index (χ4n) is 2.26. The largest absolute Gasteiger partial charge is 0.331 e. The van der Waals surface area contributed by atoms with Crippen molar-refractivity contribution in [2.24, 2.45) is 7.05 Å². The first-order valence-electron chi connectivity index (χ1n) is 6.69. The number of nitrogens with zero attached hydrogens (tertiary/aromatic N) is 2. The van der Waals surface area contributed by atoms with E-state index in [0.29, 0.717) is 5.52 Å². The van der Waals surface area contributed by atoms with Crippen molar-refractivity contribution in [3.8, 4) is 0 Å². The summed E-state index contributed by atoms with van der Waals surface area (Å²) in [6, 6.07) is 7.44. The van der Waals surface area contributed by atoms with Gasteiger partial charge in [-0.15, -0.1) is 0 Å². The van der Waals surface area contributed by atoms with Gasteiger partial charge in [-0.05, 0) is 37.3 Å². The number of benzene rings is 2. The molecule has 0 radical (unpaired) electrons. The van der Waals surface area contributed by atoms with E-state index in [2.05, 4.69) is 4.98 Å². The minimum Gasteiger partial charge on any atom is -0.331 e. The van der Waals surface area contributed by atoms with Gasteiger partial charge >= 0.3 is 0 Å². The molecule has 1 aromatic heterocycles. The van der Waals surface area contributed by atoms with Gasteiger partial charge in [0.15, 0.2) is 0 Å². The number of anilines is 1. The average molecular weight is 337 g/mol. The lowest BCUT2D eigenvalue weighted by Gasteiger charge is -2.10. The van der Waals surface area contributed by atoms with Crippen LogP contribution in [0.5, 0.6) is 0 Å². The van der Waals surface area contributed by atoms with Crippen molar-refractivity contribution >= 4 is 26.7 Å². The van der Waals surface area contributed by atoms with Gasteiger partial charge in [0.1, 0.15) is 23.1 Å². The van der Waals surface area contributed by atoms with E-state index in [1.54, 1.807) is 13.0 Å². The molecule has 0 amide bonds. The highest BCUT2D eigenvalue weighted by Gasteiger charge is 2.20. The molecular formula is C15H13F2N3O2S. The van der Waals surface area contributed by atoms with Crippen LogP contribution in [0.25, 0.3) is 11.0 Å². The molecule has 3 aromatic rings. The Hall–Kier alpha value is -2.48. The number of halogens is 2. The smallest absolute Gasteiger partial charge is 0.262 e. The quantitative estimate of drug-likeness (QED) is 0.799. The number of para-hydroxylation sites is 1. The molecule has 120 valence electrons. The molecule has 1 N–H and O–H groups in total. The Balaban J connectivity index is 2.06. The first-order valence-corrected chi connectivity index (χ1v) is 8.18. The van der Waals surface area contributed by atoms with Crippen LogP contribution in [-0.4, -0.2) is 18.0 Å². The first-order chi connectivity index (χ1) is 10.8. The zero-order valence-corrected chi connectivity index (χ0v) is 13.2. The molecule has 0 saturated heterocycles. The number of fused-ring (bicyclic) bond motifs is 1. The molecule has 0 unspecified atom stereocenters. The minimum absolute atomic E-state index is 0.120. The summed E-state index contributed by atoms with van der Waals surface area (Å²) in [7, 11) is -2.32. The first kappa shape index (κ1) is 15.4. The van der Waals surface area contributed by atoms with E-state index in [1.807, 2.05) is 16.3 Å². The van der Waals surface area contributed by atoms with Crippen molar-refractivity contribution in [2.75, 3.05) is 4.72 Å². The third kappa shape index (κ3) is 2.65. The van der Waals surface area contributed by atoms with Crippen LogP contribution in [-0.2, 0) is 17.1 Å². The molecule has 1 heterocycles. The number of rotatable bonds is 3. The van der Waals surface area contributed by atoms with E-state index in [4.69, 9.17) is 0 Å². The monoisotopic (exact) mass is 337 g/mol. The molecule has 0 aliphatic heterocycles. The molecule has 0 aliphatic carbocycles. The predicted octanol–water partition coefficient (Wildman–Crippen LogP) is 2.96. The molecule has 3 rings (SSSR count). The summed E-state index contributed by atoms with van der Waals surface area (Å²) in [4.78, 5) is 4.13. The summed E-state index contributed by atoms with van der Waals surface area (Å²) in [6.45, 7) is 1.79. The van der Waals surface area contributed by atoms with E-state index < -0.39 is 27.3 Å². The van der Waals surface area contributed by atoms with E-state index in [0.717, 1.165) is 29.5 Å². The van der Waals surface area contributed by atoms with Crippen LogP contribution < -0.4 is 4.72 Å². The molecule has 0 saturated carbocycles. The lowest BCUT2D eigenvalue weighted by atomic mass is 10.3. The van der Waals surface area contributed by atoms with E-state index in [1.165, 1.54) is 12.1 Å². The van der Waals surface area contributed by atoms with Crippen molar-refractivity contribution in [1.82, 2.24) is 9.55 Å². The van der Waals surface area contributed by atoms with Crippen LogP contribution >= 0.6 is 0 Å². The van der Waals surface area contributed by atoms with Gasteiger partial charge in [-0.3, -0.25) is 4.72 Å².